The van der Waals surface area contributed by atoms with Gasteiger partial charge in [-0.1, -0.05) is 144 Å². The molecule has 3 N–H and O–H groups in total. The Morgan fingerprint density at radius 3 is 1.52 bits per heavy atom. The molecule has 3 aromatic rings. The molecule has 3 aromatic carbocycles. The van der Waals surface area contributed by atoms with E-state index in [0.717, 1.165) is 43.0 Å². The van der Waals surface area contributed by atoms with Crippen LogP contribution in [0.1, 0.15) is 179 Å². The molecule has 0 radical (unpaired) electrons. The van der Waals surface area contributed by atoms with Crippen LogP contribution in [0, 0.1) is 13.8 Å². The number of imide groups is 1. The summed E-state index contributed by atoms with van der Waals surface area (Å²) in [5.41, 5.74) is 3.35. The van der Waals surface area contributed by atoms with Crippen LogP contribution in [-0.2, 0) is 5.72 Å². The molecular formula is C45H65Br3Mg3N2O5. The maximum absolute atomic E-state index is 11.6. The minimum Gasteiger partial charge on any atom is -1.00 e. The summed E-state index contributed by atoms with van der Waals surface area (Å²) < 4.78 is 0. The Hall–Kier alpha value is -0.361. The number of carbonyl (C=O) groups is 4. The zero-order chi connectivity index (χ0) is 39.6. The van der Waals surface area contributed by atoms with Crippen molar-refractivity contribution in [2.45, 2.75) is 130 Å². The summed E-state index contributed by atoms with van der Waals surface area (Å²) in [6.07, 6.45) is 14.0. The van der Waals surface area contributed by atoms with Gasteiger partial charge in [-0.25, -0.2) is 0 Å². The number of fused-ring (bicyclic) bond motifs is 3. The number of amides is 3. The summed E-state index contributed by atoms with van der Waals surface area (Å²) in [6, 6.07) is 22.0. The van der Waals surface area contributed by atoms with Gasteiger partial charge in [0.2, 0.25) is 0 Å². The van der Waals surface area contributed by atoms with E-state index < -0.39 is 5.72 Å². The number of benzene rings is 3. The van der Waals surface area contributed by atoms with Crippen LogP contribution in [0.4, 0.5) is 0 Å². The van der Waals surface area contributed by atoms with Crippen molar-refractivity contribution in [2.75, 3.05) is 5.33 Å². The molecule has 2 atom stereocenters. The molecule has 2 unspecified atom stereocenters. The zero-order valence-electron chi connectivity index (χ0n) is 37.7. The summed E-state index contributed by atoms with van der Waals surface area (Å²) in [5, 5.41) is 16.3. The molecule has 2 heterocycles. The van der Waals surface area contributed by atoms with Gasteiger partial charge in [0, 0.05) is 28.4 Å². The Balaban J connectivity index is -0.000000117. The molecule has 1 aliphatic carbocycles. The minimum atomic E-state index is -1.15. The van der Waals surface area contributed by atoms with Crippen LogP contribution in [0.2, 0.25) is 0 Å². The van der Waals surface area contributed by atoms with Gasteiger partial charge in [-0.15, -0.1) is 0 Å². The summed E-state index contributed by atoms with van der Waals surface area (Å²) in [6.45, 7) is 17.9. The number of hydrogen-bond donors (Lipinski definition) is 3. The summed E-state index contributed by atoms with van der Waals surface area (Å²) in [4.78, 5) is 45.1. The van der Waals surface area contributed by atoms with Crippen molar-refractivity contribution in [1.29, 1.82) is 0 Å². The molecule has 3 amide bonds. The Morgan fingerprint density at radius 2 is 1.09 bits per heavy atom. The number of ketones is 1. The van der Waals surface area contributed by atoms with Gasteiger partial charge >= 0.3 is 69.2 Å². The van der Waals surface area contributed by atoms with E-state index >= 15 is 0 Å². The van der Waals surface area contributed by atoms with Crippen molar-refractivity contribution in [3.63, 3.8) is 0 Å². The largest absolute Gasteiger partial charge is 2.00 e. The molecule has 3 aliphatic rings. The Bertz CT molecular complexity index is 1540. The van der Waals surface area contributed by atoms with E-state index in [1.807, 2.05) is 36.4 Å². The minimum absolute atomic E-state index is 0. The predicted molar refractivity (Wildman–Crippen MR) is 242 cm³/mol. The number of aliphatic hydroxyl groups is 1. The molecule has 2 aliphatic heterocycles. The maximum atomic E-state index is 11.6. The van der Waals surface area contributed by atoms with Gasteiger partial charge in [-0.05, 0) is 55.4 Å². The molecular weight excluding hydrogens is 961 g/mol. The first-order chi connectivity index (χ1) is 25.5. The van der Waals surface area contributed by atoms with E-state index in [-0.39, 0.29) is 124 Å². The smallest absolute Gasteiger partial charge is 1.00 e. The third-order valence-corrected chi connectivity index (χ3v) is 9.27. The number of rotatable bonds is 10. The van der Waals surface area contributed by atoms with Crippen LogP contribution in [0.3, 0.4) is 0 Å². The average Bonchev–Trinajstić information content (AvgIpc) is 3.77. The fourth-order valence-corrected chi connectivity index (χ4v) is 6.06. The van der Waals surface area contributed by atoms with Crippen LogP contribution in [-0.4, -0.2) is 103 Å². The number of halogens is 3. The first-order valence-electron chi connectivity index (χ1n) is 19.4. The monoisotopic (exact) mass is 1020 g/mol. The van der Waals surface area contributed by atoms with E-state index in [4.69, 9.17) is 0 Å². The SMILES string of the molecule is CCCCBr.CCCCC1(O)NC(=O)c2ccccc21.CCCCC1CC(=O)c2ccccc21.O=C1NC(=O)c2ccccc21.[Br-].[Br-].[CH2-]CCC.[CH2-]CCC.[H-].[H-].[Mg+2].[Mg+2].[Mg+2]. The normalized spacial score (nSPS) is 15.4. The first kappa shape index (κ1) is 66.7. The number of Topliss-reactive ketones (excluding diaryl/α,β-unsaturated/α-hetero) is 1. The molecule has 0 spiro atoms. The van der Waals surface area contributed by atoms with Crippen LogP contribution >= 0.6 is 15.9 Å². The van der Waals surface area contributed by atoms with Gasteiger partial charge in [0.15, 0.2) is 11.5 Å². The van der Waals surface area contributed by atoms with E-state index in [1.165, 1.54) is 50.5 Å². The number of hydrogen-bond acceptors (Lipinski definition) is 5. The number of unbranched alkanes of at least 4 members (excludes halogenated alkanes) is 5. The zero-order valence-corrected chi connectivity index (χ0v) is 44.7. The van der Waals surface area contributed by atoms with Crippen molar-refractivity contribution in [2.24, 2.45) is 0 Å². The van der Waals surface area contributed by atoms with E-state index in [2.05, 4.69) is 81.1 Å². The standard InChI is InChI=1S/C13H16O.C12H15NO2.C8H5NO2.C4H9Br.2C4H9.2BrH.3Mg.2H/c1-2-3-6-10-9-13(14)12-8-5-4-7-11(10)12;1-2-3-8-12(15)10-7-5-4-6-9(10)11(14)13-12;10-7-5-3-1-2-4-6(5)8(11)9-7;1-2-3-4-5;2*1-3-4-2;;;;;;;/h4-5,7-8,10H,2-3,6,9H2,1H3;4-7,15H,2-3,8H2,1H3,(H,13,14);1-4H,(H,9,10,11);2-4H2,1H3;2*1,3-4H2,2H3;2*1H;;;;;/q;;;;2*-1;;;3*+2;2*-1/p-2. The molecule has 13 heteroatoms. The first-order valence-corrected chi connectivity index (χ1v) is 20.5. The predicted octanol–water partition coefficient (Wildman–Crippen LogP) is 4.40. The van der Waals surface area contributed by atoms with Gasteiger partial charge in [0.05, 0.1) is 11.1 Å². The Kier molecular flexibility index (Phi) is 45.4. The van der Waals surface area contributed by atoms with Crippen LogP contribution in [0.15, 0.2) is 72.8 Å². The maximum Gasteiger partial charge on any atom is 2.00 e. The van der Waals surface area contributed by atoms with Crippen molar-refractivity contribution in [3.05, 3.63) is 120 Å². The third kappa shape index (κ3) is 23.2. The molecule has 312 valence electrons. The second-order valence-corrected chi connectivity index (χ2v) is 13.9. The number of nitrogens with one attached hydrogen (secondary N) is 2. The fourth-order valence-electron chi connectivity index (χ4n) is 5.50. The molecule has 0 saturated heterocycles. The van der Waals surface area contributed by atoms with Crippen molar-refractivity contribution >= 4 is 109 Å². The molecule has 0 saturated carbocycles. The van der Waals surface area contributed by atoms with E-state index in [0.29, 0.717) is 40.4 Å². The molecule has 58 heavy (non-hydrogen) atoms. The number of alkyl halides is 1. The summed E-state index contributed by atoms with van der Waals surface area (Å²) in [7, 11) is 0. The molecule has 7 nitrogen and oxygen atoms in total. The Labute approximate surface area is 431 Å². The van der Waals surface area contributed by atoms with Crippen molar-refractivity contribution in [3.8, 4) is 0 Å². The Morgan fingerprint density at radius 1 is 0.655 bits per heavy atom. The van der Waals surface area contributed by atoms with Crippen molar-refractivity contribution < 1.29 is 61.1 Å². The van der Waals surface area contributed by atoms with Gasteiger partial charge in [0.1, 0.15) is 0 Å². The molecule has 6 rings (SSSR count). The molecule has 0 aromatic heterocycles. The fraction of sp³-hybridized carbons (Fsp3) is 0.467. The second kappa shape index (κ2) is 39.5. The second-order valence-electron chi connectivity index (χ2n) is 13.1. The summed E-state index contributed by atoms with van der Waals surface area (Å²) >= 11 is 3.31. The van der Waals surface area contributed by atoms with Gasteiger partial charge in [-0.3, -0.25) is 24.5 Å². The van der Waals surface area contributed by atoms with Gasteiger partial charge < -0.3 is 61.1 Å². The topological polar surface area (TPSA) is 113 Å². The van der Waals surface area contributed by atoms with E-state index in [1.54, 1.807) is 30.3 Å². The van der Waals surface area contributed by atoms with Crippen LogP contribution < -0.4 is 44.6 Å². The summed E-state index contributed by atoms with van der Waals surface area (Å²) in [5.74, 6) is 0.0563. The van der Waals surface area contributed by atoms with Crippen LogP contribution in [0.5, 0.6) is 0 Å². The van der Waals surface area contributed by atoms with Gasteiger partial charge in [0.25, 0.3) is 17.7 Å². The third-order valence-electron chi connectivity index (χ3n) is 8.71. The van der Waals surface area contributed by atoms with Crippen LogP contribution in [0.25, 0.3) is 0 Å². The average molecular weight is 1030 g/mol. The quantitative estimate of drug-likeness (QED) is 0.121. The number of carbonyl (C=O) groups excluding carboxylic acids is 4. The molecule has 0 bridgehead atoms. The molecule has 0 fully saturated rings. The van der Waals surface area contributed by atoms with Crippen molar-refractivity contribution in [1.82, 2.24) is 10.6 Å². The van der Waals surface area contributed by atoms with E-state index in [9.17, 15) is 24.3 Å². The van der Waals surface area contributed by atoms with Gasteiger partial charge in [-0.2, -0.15) is 12.8 Å².